The number of halogens is 2. The summed E-state index contributed by atoms with van der Waals surface area (Å²) >= 11 is 3.24. The van der Waals surface area contributed by atoms with Crippen molar-refractivity contribution in [3.05, 3.63) is 40.4 Å². The van der Waals surface area contributed by atoms with E-state index in [1.807, 2.05) is 13.1 Å². The van der Waals surface area contributed by atoms with Crippen LogP contribution in [0.1, 0.15) is 5.69 Å². The van der Waals surface area contributed by atoms with Gasteiger partial charge in [-0.2, -0.15) is 0 Å². The lowest BCUT2D eigenvalue weighted by atomic mass is 10.3. The van der Waals surface area contributed by atoms with Crippen LogP contribution in [-0.2, 0) is 13.6 Å². The zero-order chi connectivity index (χ0) is 11.5. The summed E-state index contributed by atoms with van der Waals surface area (Å²) in [5.74, 6) is -0.278. The third kappa shape index (κ3) is 2.57. The van der Waals surface area contributed by atoms with Crippen molar-refractivity contribution >= 4 is 21.6 Å². The highest BCUT2D eigenvalue weighted by molar-refractivity contribution is 9.10. The second-order valence-electron chi connectivity index (χ2n) is 3.36. The van der Waals surface area contributed by atoms with E-state index in [4.69, 9.17) is 0 Å². The molecule has 6 heteroatoms. The number of hydrogen-bond donors (Lipinski definition) is 1. The predicted molar refractivity (Wildman–Crippen MR) is 62.4 cm³/mol. The maximum absolute atomic E-state index is 13.1. The number of anilines is 1. The van der Waals surface area contributed by atoms with Gasteiger partial charge in [0.05, 0.1) is 18.4 Å². The summed E-state index contributed by atoms with van der Waals surface area (Å²) in [4.78, 5) is 0. The Morgan fingerprint density at radius 1 is 1.44 bits per heavy atom. The zero-order valence-electron chi connectivity index (χ0n) is 8.61. The van der Waals surface area contributed by atoms with Crippen LogP contribution in [0, 0.1) is 5.82 Å². The number of nitrogens with one attached hydrogen (secondary N) is 1. The number of rotatable bonds is 3. The molecule has 0 spiro atoms. The molecule has 0 atom stereocenters. The molecular formula is C10H10BrFN4. The zero-order valence-corrected chi connectivity index (χ0v) is 10.2. The Balaban J connectivity index is 2.07. The lowest BCUT2D eigenvalue weighted by molar-refractivity contribution is 0.627. The Kier molecular flexibility index (Phi) is 3.19. The van der Waals surface area contributed by atoms with Gasteiger partial charge in [0.2, 0.25) is 0 Å². The highest BCUT2D eigenvalue weighted by Gasteiger charge is 2.01. The van der Waals surface area contributed by atoms with E-state index in [1.165, 1.54) is 12.1 Å². The second-order valence-corrected chi connectivity index (χ2v) is 4.28. The summed E-state index contributed by atoms with van der Waals surface area (Å²) < 4.78 is 15.4. The van der Waals surface area contributed by atoms with Gasteiger partial charge in [0.15, 0.2) is 0 Å². The van der Waals surface area contributed by atoms with Gasteiger partial charge in [-0.3, -0.25) is 4.68 Å². The Bertz CT molecular complexity index is 477. The largest absolute Gasteiger partial charge is 0.379 e. The van der Waals surface area contributed by atoms with Crippen molar-refractivity contribution in [2.45, 2.75) is 6.54 Å². The van der Waals surface area contributed by atoms with Gasteiger partial charge >= 0.3 is 0 Å². The molecule has 16 heavy (non-hydrogen) atoms. The lowest BCUT2D eigenvalue weighted by Gasteiger charge is -2.06. The van der Waals surface area contributed by atoms with Crippen molar-refractivity contribution in [1.29, 1.82) is 0 Å². The third-order valence-corrected chi connectivity index (χ3v) is 2.60. The number of aryl methyl sites for hydroxylation is 1. The summed E-state index contributed by atoms with van der Waals surface area (Å²) in [5.41, 5.74) is 1.65. The first-order valence-electron chi connectivity index (χ1n) is 4.68. The topological polar surface area (TPSA) is 42.7 Å². The Hall–Kier alpha value is -1.43. The third-order valence-electron chi connectivity index (χ3n) is 2.14. The van der Waals surface area contributed by atoms with E-state index in [2.05, 4.69) is 31.6 Å². The molecule has 84 valence electrons. The molecule has 0 bridgehead atoms. The molecule has 2 aromatic rings. The maximum Gasteiger partial charge on any atom is 0.126 e. The van der Waals surface area contributed by atoms with Crippen LogP contribution in [0.2, 0.25) is 0 Å². The van der Waals surface area contributed by atoms with Gasteiger partial charge < -0.3 is 5.32 Å². The van der Waals surface area contributed by atoms with E-state index in [0.717, 1.165) is 5.69 Å². The Morgan fingerprint density at radius 3 is 2.88 bits per heavy atom. The molecule has 0 radical (unpaired) electrons. The van der Waals surface area contributed by atoms with Crippen LogP contribution in [0.3, 0.4) is 0 Å². The SMILES string of the molecule is Cn1nncc1CNc1cc(F)cc(Br)c1. The fourth-order valence-corrected chi connectivity index (χ4v) is 1.78. The van der Waals surface area contributed by atoms with Gasteiger partial charge in [-0.15, -0.1) is 5.10 Å². The van der Waals surface area contributed by atoms with Crippen LogP contribution < -0.4 is 5.32 Å². The monoisotopic (exact) mass is 284 g/mol. The van der Waals surface area contributed by atoms with E-state index in [-0.39, 0.29) is 5.82 Å². The van der Waals surface area contributed by atoms with Crippen molar-refractivity contribution in [3.63, 3.8) is 0 Å². The van der Waals surface area contributed by atoms with Gasteiger partial charge in [-0.25, -0.2) is 4.39 Å². The predicted octanol–water partition coefficient (Wildman–Crippen LogP) is 2.33. The highest BCUT2D eigenvalue weighted by atomic mass is 79.9. The molecule has 0 unspecified atom stereocenters. The number of hydrogen-bond acceptors (Lipinski definition) is 3. The van der Waals surface area contributed by atoms with E-state index in [0.29, 0.717) is 16.7 Å². The van der Waals surface area contributed by atoms with Crippen molar-refractivity contribution in [2.75, 3.05) is 5.32 Å². The summed E-state index contributed by atoms with van der Waals surface area (Å²) in [5, 5.41) is 10.7. The standard InChI is InChI=1S/C10H10BrFN4/c1-16-10(6-14-15-16)5-13-9-3-7(11)2-8(12)4-9/h2-4,6,13H,5H2,1H3. The van der Waals surface area contributed by atoms with Crippen LogP contribution in [-0.4, -0.2) is 15.0 Å². The molecule has 0 saturated heterocycles. The first-order valence-corrected chi connectivity index (χ1v) is 5.48. The molecule has 1 heterocycles. The van der Waals surface area contributed by atoms with E-state index in [1.54, 1.807) is 10.9 Å². The van der Waals surface area contributed by atoms with Crippen molar-refractivity contribution in [2.24, 2.45) is 7.05 Å². The Morgan fingerprint density at radius 2 is 2.25 bits per heavy atom. The average molecular weight is 285 g/mol. The highest BCUT2D eigenvalue weighted by Crippen LogP contribution is 2.19. The quantitative estimate of drug-likeness (QED) is 0.941. The lowest BCUT2D eigenvalue weighted by Crippen LogP contribution is -2.05. The van der Waals surface area contributed by atoms with Crippen molar-refractivity contribution in [1.82, 2.24) is 15.0 Å². The minimum absolute atomic E-state index is 0.278. The number of nitrogens with zero attached hydrogens (tertiary/aromatic N) is 3. The van der Waals surface area contributed by atoms with Crippen LogP contribution in [0.15, 0.2) is 28.9 Å². The molecule has 0 fully saturated rings. The summed E-state index contributed by atoms with van der Waals surface area (Å²) in [7, 11) is 1.81. The minimum Gasteiger partial charge on any atom is -0.379 e. The summed E-state index contributed by atoms with van der Waals surface area (Å²) in [6.07, 6.45) is 1.67. The molecule has 1 aromatic carbocycles. The fourth-order valence-electron chi connectivity index (χ4n) is 1.32. The molecule has 0 aliphatic heterocycles. The smallest absolute Gasteiger partial charge is 0.126 e. The van der Waals surface area contributed by atoms with E-state index in [9.17, 15) is 4.39 Å². The minimum atomic E-state index is -0.278. The molecule has 0 amide bonds. The number of aromatic nitrogens is 3. The van der Waals surface area contributed by atoms with Gasteiger partial charge in [-0.1, -0.05) is 21.1 Å². The van der Waals surface area contributed by atoms with Gasteiger partial charge in [0.25, 0.3) is 0 Å². The Labute approximate surface area is 101 Å². The molecule has 0 aliphatic rings. The van der Waals surface area contributed by atoms with Crippen LogP contribution >= 0.6 is 15.9 Å². The molecule has 0 aliphatic carbocycles. The van der Waals surface area contributed by atoms with Crippen LogP contribution in [0.25, 0.3) is 0 Å². The molecule has 0 saturated carbocycles. The van der Waals surface area contributed by atoms with Crippen LogP contribution in [0.4, 0.5) is 10.1 Å². The molecular weight excluding hydrogens is 275 g/mol. The normalized spacial score (nSPS) is 10.4. The first-order chi connectivity index (χ1) is 7.65. The summed E-state index contributed by atoms with van der Waals surface area (Å²) in [6.45, 7) is 0.555. The molecule has 1 aromatic heterocycles. The van der Waals surface area contributed by atoms with Crippen molar-refractivity contribution in [3.8, 4) is 0 Å². The van der Waals surface area contributed by atoms with Gasteiger partial charge in [0.1, 0.15) is 5.82 Å². The number of benzene rings is 1. The average Bonchev–Trinajstić information content (AvgIpc) is 2.59. The second kappa shape index (κ2) is 4.61. The van der Waals surface area contributed by atoms with Gasteiger partial charge in [-0.05, 0) is 18.2 Å². The van der Waals surface area contributed by atoms with Gasteiger partial charge in [0, 0.05) is 17.2 Å². The van der Waals surface area contributed by atoms with Crippen molar-refractivity contribution < 1.29 is 4.39 Å². The summed E-state index contributed by atoms with van der Waals surface area (Å²) in [6, 6.07) is 4.66. The van der Waals surface area contributed by atoms with E-state index < -0.39 is 0 Å². The molecule has 4 nitrogen and oxygen atoms in total. The maximum atomic E-state index is 13.1. The molecule has 1 N–H and O–H groups in total. The molecule has 2 rings (SSSR count). The van der Waals surface area contributed by atoms with Crippen LogP contribution in [0.5, 0.6) is 0 Å². The fraction of sp³-hybridized carbons (Fsp3) is 0.200. The van der Waals surface area contributed by atoms with E-state index >= 15 is 0 Å². The first kappa shape index (κ1) is 11.1.